The fourth-order valence-electron chi connectivity index (χ4n) is 1.95. The second-order valence-corrected chi connectivity index (χ2v) is 5.42. The van der Waals surface area contributed by atoms with Gasteiger partial charge in [-0.1, -0.05) is 34.2 Å². The van der Waals surface area contributed by atoms with E-state index in [9.17, 15) is 0 Å². The fraction of sp³-hybridized carbons (Fsp3) is 0.455. The molecule has 3 rings (SSSR count). The molecule has 90 valence electrons. The van der Waals surface area contributed by atoms with E-state index in [0.717, 1.165) is 27.1 Å². The van der Waals surface area contributed by atoms with Crippen molar-refractivity contribution in [2.24, 2.45) is 0 Å². The smallest absolute Gasteiger partial charge is 0.144 e. The molecule has 0 atom stereocenters. The molecule has 0 unspecified atom stereocenters. The van der Waals surface area contributed by atoms with Crippen LogP contribution in [0.5, 0.6) is 0 Å². The maximum absolute atomic E-state index is 6.16. The molecule has 2 N–H and O–H groups in total. The predicted molar refractivity (Wildman–Crippen MR) is 77.9 cm³/mol. The van der Waals surface area contributed by atoms with E-state index in [0.29, 0.717) is 11.1 Å². The number of nitrogens with zero attached hydrogens (tertiary/aromatic N) is 2. The number of fused-ring (bicyclic) bond motifs is 1. The minimum Gasteiger partial charge on any atom is -0.367 e. The maximum Gasteiger partial charge on any atom is 0.144 e. The Morgan fingerprint density at radius 3 is 2.94 bits per heavy atom. The van der Waals surface area contributed by atoms with E-state index in [1.807, 2.05) is 0 Å². The third-order valence-corrected chi connectivity index (χ3v) is 4.08. The normalized spacial score (nSPS) is 16.1. The third kappa shape index (κ3) is 2.10. The van der Waals surface area contributed by atoms with Crippen LogP contribution in [0.15, 0.2) is 6.20 Å². The molecule has 4 nitrogen and oxygen atoms in total. The van der Waals surface area contributed by atoms with Gasteiger partial charge in [0.05, 0.1) is 14.8 Å². The number of halogens is 2. The van der Waals surface area contributed by atoms with Crippen LogP contribution in [-0.4, -0.2) is 21.0 Å². The summed E-state index contributed by atoms with van der Waals surface area (Å²) >= 11 is 8.43. The van der Waals surface area contributed by atoms with Gasteiger partial charge in [-0.15, -0.1) is 0 Å². The number of alkyl halides is 1. The van der Waals surface area contributed by atoms with Crippen molar-refractivity contribution in [3.05, 3.63) is 17.0 Å². The van der Waals surface area contributed by atoms with Crippen LogP contribution in [0, 0.1) is 0 Å². The minimum atomic E-state index is 0.543. The average Bonchev–Trinajstić information content (AvgIpc) is 2.65. The van der Waals surface area contributed by atoms with Crippen molar-refractivity contribution in [3.63, 3.8) is 0 Å². The van der Waals surface area contributed by atoms with Crippen LogP contribution in [0.4, 0.5) is 5.82 Å². The molecule has 1 fully saturated rings. The van der Waals surface area contributed by atoms with Gasteiger partial charge in [0.2, 0.25) is 0 Å². The largest absolute Gasteiger partial charge is 0.367 e. The lowest BCUT2D eigenvalue weighted by Crippen LogP contribution is -2.27. The van der Waals surface area contributed by atoms with Gasteiger partial charge in [-0.05, 0) is 19.3 Å². The van der Waals surface area contributed by atoms with E-state index in [2.05, 4.69) is 42.9 Å². The van der Waals surface area contributed by atoms with Gasteiger partial charge in [-0.3, -0.25) is 0 Å². The molecule has 0 radical (unpaired) electrons. The number of anilines is 1. The Bertz CT molecular complexity index is 550. The monoisotopic (exact) mass is 362 g/mol. The van der Waals surface area contributed by atoms with Crippen molar-refractivity contribution in [2.75, 3.05) is 5.32 Å². The van der Waals surface area contributed by atoms with Crippen molar-refractivity contribution in [2.45, 2.75) is 29.7 Å². The van der Waals surface area contributed by atoms with Gasteiger partial charge >= 0.3 is 0 Å². The Labute approximate surface area is 118 Å². The van der Waals surface area contributed by atoms with Gasteiger partial charge in [0, 0.05) is 12.2 Å². The van der Waals surface area contributed by atoms with Gasteiger partial charge in [0.25, 0.3) is 0 Å². The number of hydrogen-bond donors (Lipinski definition) is 2. The molecule has 1 aliphatic rings. The molecule has 1 saturated carbocycles. The summed E-state index contributed by atoms with van der Waals surface area (Å²) in [5.74, 6) is 1.70. The molecule has 0 aromatic carbocycles. The number of hydrogen-bond acceptors (Lipinski definition) is 3. The summed E-state index contributed by atoms with van der Waals surface area (Å²) in [7, 11) is 0. The first-order chi connectivity index (χ1) is 8.28. The van der Waals surface area contributed by atoms with E-state index in [4.69, 9.17) is 11.6 Å². The molecular formula is C11H12ClIN4. The van der Waals surface area contributed by atoms with Crippen molar-refractivity contribution in [1.29, 1.82) is 0 Å². The van der Waals surface area contributed by atoms with E-state index in [1.54, 1.807) is 6.20 Å². The zero-order valence-corrected chi connectivity index (χ0v) is 12.0. The first kappa shape index (κ1) is 11.5. The molecule has 2 heterocycles. The summed E-state index contributed by atoms with van der Waals surface area (Å²) in [6, 6.07) is 0.543. The zero-order chi connectivity index (χ0) is 11.8. The summed E-state index contributed by atoms with van der Waals surface area (Å²) in [5.41, 5.74) is 0.818. The molecule has 0 amide bonds. The lowest BCUT2D eigenvalue weighted by atomic mass is 9.93. The summed E-state index contributed by atoms with van der Waals surface area (Å²) in [5, 5.41) is 5.06. The fourth-order valence-corrected chi connectivity index (χ4v) is 2.53. The molecule has 6 heteroatoms. The lowest BCUT2D eigenvalue weighted by molar-refractivity contribution is 0.444. The summed E-state index contributed by atoms with van der Waals surface area (Å²) < 4.78 is 0.795. The van der Waals surface area contributed by atoms with Crippen LogP contribution in [0.3, 0.4) is 0 Å². The third-order valence-electron chi connectivity index (χ3n) is 3.10. The maximum atomic E-state index is 6.16. The first-order valence-electron chi connectivity index (χ1n) is 5.64. The molecule has 1 aliphatic carbocycles. The second kappa shape index (κ2) is 4.61. The van der Waals surface area contributed by atoms with E-state index in [1.165, 1.54) is 19.3 Å². The SMILES string of the molecule is Clc1c[nH]c2nc(CI)nc(NC3CCC3)c12. The molecule has 17 heavy (non-hydrogen) atoms. The number of nitrogens with one attached hydrogen (secondary N) is 2. The standard InChI is InChI=1S/C11H12ClIN4/c12-7-5-14-10-9(7)11(15-6-2-1-3-6)17-8(4-13)16-10/h5-6H,1-4H2,(H2,14,15,16,17). The molecule has 2 aromatic heterocycles. The van der Waals surface area contributed by atoms with Crippen LogP contribution in [0.25, 0.3) is 11.0 Å². The molecule has 0 bridgehead atoms. The second-order valence-electron chi connectivity index (χ2n) is 4.25. The van der Waals surface area contributed by atoms with E-state index >= 15 is 0 Å². The van der Waals surface area contributed by atoms with Crippen LogP contribution in [0.1, 0.15) is 25.1 Å². The molecule has 0 aliphatic heterocycles. The van der Waals surface area contributed by atoms with Crippen molar-refractivity contribution >= 4 is 51.0 Å². The van der Waals surface area contributed by atoms with Crippen LogP contribution >= 0.6 is 34.2 Å². The zero-order valence-electron chi connectivity index (χ0n) is 9.13. The molecule has 0 spiro atoms. The average molecular weight is 363 g/mol. The van der Waals surface area contributed by atoms with Crippen molar-refractivity contribution < 1.29 is 0 Å². The Morgan fingerprint density at radius 2 is 2.29 bits per heavy atom. The molecular weight excluding hydrogens is 351 g/mol. The van der Waals surface area contributed by atoms with Crippen molar-refractivity contribution in [3.8, 4) is 0 Å². The van der Waals surface area contributed by atoms with Crippen molar-refractivity contribution in [1.82, 2.24) is 15.0 Å². The topological polar surface area (TPSA) is 53.6 Å². The minimum absolute atomic E-state index is 0.543. The summed E-state index contributed by atoms with van der Waals surface area (Å²) in [4.78, 5) is 12.1. The van der Waals surface area contributed by atoms with Crippen LogP contribution in [0.2, 0.25) is 5.02 Å². The first-order valence-corrected chi connectivity index (χ1v) is 7.54. The molecule has 2 aromatic rings. The quantitative estimate of drug-likeness (QED) is 0.649. The van der Waals surface area contributed by atoms with Gasteiger partial charge < -0.3 is 10.3 Å². The Hall–Kier alpha value is -0.560. The van der Waals surface area contributed by atoms with Gasteiger partial charge in [0.15, 0.2) is 0 Å². The lowest BCUT2D eigenvalue weighted by Gasteiger charge is -2.27. The highest BCUT2D eigenvalue weighted by atomic mass is 127. The number of rotatable bonds is 3. The Balaban J connectivity index is 2.07. The Kier molecular flexibility index (Phi) is 3.12. The highest BCUT2D eigenvalue weighted by Gasteiger charge is 2.20. The van der Waals surface area contributed by atoms with Gasteiger partial charge in [-0.25, -0.2) is 9.97 Å². The Morgan fingerprint density at radius 1 is 1.47 bits per heavy atom. The van der Waals surface area contributed by atoms with Crippen LogP contribution in [-0.2, 0) is 4.43 Å². The van der Waals surface area contributed by atoms with E-state index in [-0.39, 0.29) is 0 Å². The number of aromatic nitrogens is 3. The number of aromatic amines is 1. The predicted octanol–water partition coefficient (Wildman–Crippen LogP) is 3.51. The summed E-state index contributed by atoms with van der Waals surface area (Å²) in [6.07, 6.45) is 5.50. The molecule has 0 saturated heterocycles. The summed E-state index contributed by atoms with van der Waals surface area (Å²) in [6.45, 7) is 0. The highest BCUT2D eigenvalue weighted by molar-refractivity contribution is 14.1. The van der Waals surface area contributed by atoms with Crippen LogP contribution < -0.4 is 5.32 Å². The van der Waals surface area contributed by atoms with Gasteiger partial charge in [0.1, 0.15) is 17.3 Å². The highest BCUT2D eigenvalue weighted by Crippen LogP contribution is 2.31. The van der Waals surface area contributed by atoms with E-state index < -0.39 is 0 Å². The number of H-pyrrole nitrogens is 1. The van der Waals surface area contributed by atoms with Gasteiger partial charge in [-0.2, -0.15) is 0 Å².